The summed E-state index contributed by atoms with van der Waals surface area (Å²) in [4.78, 5) is 0. The van der Waals surface area contributed by atoms with Gasteiger partial charge in [-0.2, -0.15) is 0 Å². The van der Waals surface area contributed by atoms with Gasteiger partial charge < -0.3 is 15.8 Å². The van der Waals surface area contributed by atoms with Crippen LogP contribution in [0, 0.1) is 12.7 Å². The zero-order valence-corrected chi connectivity index (χ0v) is 13.6. The van der Waals surface area contributed by atoms with Gasteiger partial charge in [-0.1, -0.05) is 22.0 Å². The number of benzene rings is 2. The van der Waals surface area contributed by atoms with Crippen molar-refractivity contribution in [1.29, 1.82) is 0 Å². The van der Waals surface area contributed by atoms with Gasteiger partial charge in [0.05, 0.1) is 13.2 Å². The highest BCUT2D eigenvalue weighted by Crippen LogP contribution is 2.26. The Morgan fingerprint density at radius 2 is 2.05 bits per heavy atom. The molecule has 2 rings (SSSR count). The molecule has 2 aromatic carbocycles. The molecule has 112 valence electrons. The van der Waals surface area contributed by atoms with E-state index in [0.717, 1.165) is 21.3 Å². The molecule has 0 radical (unpaired) electrons. The Balaban J connectivity index is 2.25. The Kier molecular flexibility index (Phi) is 5.20. The SMILES string of the molecule is COc1ccc(C(CN)Nc2cc(C)cc(Br)c2)cc1F. The number of nitrogens with one attached hydrogen (secondary N) is 1. The number of hydrogen-bond acceptors (Lipinski definition) is 3. The molecule has 0 aliphatic rings. The Morgan fingerprint density at radius 1 is 1.29 bits per heavy atom. The Hall–Kier alpha value is -1.59. The molecule has 0 aliphatic heterocycles. The number of anilines is 1. The molecule has 0 fully saturated rings. The van der Waals surface area contributed by atoms with Crippen LogP contribution in [0.2, 0.25) is 0 Å². The molecule has 3 nitrogen and oxygen atoms in total. The van der Waals surface area contributed by atoms with Crippen molar-refractivity contribution < 1.29 is 9.13 Å². The van der Waals surface area contributed by atoms with Gasteiger partial charge in [0.2, 0.25) is 0 Å². The fourth-order valence-corrected chi connectivity index (χ4v) is 2.81. The minimum absolute atomic E-state index is 0.167. The van der Waals surface area contributed by atoms with E-state index in [4.69, 9.17) is 10.5 Å². The van der Waals surface area contributed by atoms with Crippen LogP contribution >= 0.6 is 15.9 Å². The van der Waals surface area contributed by atoms with Crippen LogP contribution < -0.4 is 15.8 Å². The lowest BCUT2D eigenvalue weighted by atomic mass is 10.1. The second-order valence-electron chi connectivity index (χ2n) is 4.84. The van der Waals surface area contributed by atoms with E-state index in [1.807, 2.05) is 31.2 Å². The van der Waals surface area contributed by atoms with Crippen LogP contribution in [0.5, 0.6) is 5.75 Å². The van der Waals surface area contributed by atoms with Gasteiger partial charge in [0, 0.05) is 16.7 Å². The molecule has 21 heavy (non-hydrogen) atoms. The number of ether oxygens (including phenoxy) is 1. The predicted octanol–water partition coefficient (Wildman–Crippen LogP) is 4.02. The summed E-state index contributed by atoms with van der Waals surface area (Å²) in [5.74, 6) is -0.159. The number of hydrogen-bond donors (Lipinski definition) is 2. The minimum Gasteiger partial charge on any atom is -0.494 e. The molecule has 0 bridgehead atoms. The third kappa shape index (κ3) is 3.95. The summed E-state index contributed by atoms with van der Waals surface area (Å²) in [6.07, 6.45) is 0. The number of methoxy groups -OCH3 is 1. The van der Waals surface area contributed by atoms with E-state index in [2.05, 4.69) is 21.2 Å². The molecule has 0 heterocycles. The van der Waals surface area contributed by atoms with Crippen molar-refractivity contribution in [1.82, 2.24) is 0 Å². The van der Waals surface area contributed by atoms with Crippen LogP contribution in [-0.2, 0) is 0 Å². The lowest BCUT2D eigenvalue weighted by Gasteiger charge is -2.20. The highest BCUT2D eigenvalue weighted by atomic mass is 79.9. The summed E-state index contributed by atoms with van der Waals surface area (Å²) in [5, 5.41) is 3.33. The monoisotopic (exact) mass is 352 g/mol. The van der Waals surface area contributed by atoms with Crippen molar-refractivity contribution in [2.24, 2.45) is 5.73 Å². The lowest BCUT2D eigenvalue weighted by Crippen LogP contribution is -2.20. The summed E-state index contributed by atoms with van der Waals surface area (Å²) in [6.45, 7) is 2.37. The van der Waals surface area contributed by atoms with Crippen molar-refractivity contribution in [2.75, 3.05) is 19.0 Å². The maximum Gasteiger partial charge on any atom is 0.165 e. The first-order chi connectivity index (χ1) is 10.0. The maximum absolute atomic E-state index is 13.8. The number of aryl methyl sites for hydroxylation is 1. The van der Waals surface area contributed by atoms with E-state index < -0.39 is 0 Å². The Labute approximate surface area is 132 Å². The standard InChI is InChI=1S/C16H18BrFN2O/c1-10-5-12(17)8-13(6-10)20-15(9-19)11-3-4-16(21-2)14(18)7-11/h3-8,15,20H,9,19H2,1-2H3. The van der Waals surface area contributed by atoms with Crippen LogP contribution in [0.25, 0.3) is 0 Å². The molecule has 1 unspecified atom stereocenters. The smallest absolute Gasteiger partial charge is 0.165 e. The summed E-state index contributed by atoms with van der Waals surface area (Å²) in [7, 11) is 1.45. The molecular formula is C16H18BrFN2O. The first kappa shape index (κ1) is 15.8. The minimum atomic E-state index is -0.388. The number of nitrogens with two attached hydrogens (primary N) is 1. The van der Waals surface area contributed by atoms with E-state index in [1.165, 1.54) is 13.2 Å². The quantitative estimate of drug-likeness (QED) is 0.854. The Morgan fingerprint density at radius 3 is 2.62 bits per heavy atom. The third-order valence-electron chi connectivity index (χ3n) is 3.20. The first-order valence-corrected chi connectivity index (χ1v) is 7.40. The van der Waals surface area contributed by atoms with Gasteiger partial charge >= 0.3 is 0 Å². The topological polar surface area (TPSA) is 47.3 Å². The largest absolute Gasteiger partial charge is 0.494 e. The first-order valence-electron chi connectivity index (χ1n) is 6.60. The van der Waals surface area contributed by atoms with E-state index in [1.54, 1.807) is 6.07 Å². The van der Waals surface area contributed by atoms with Crippen LogP contribution in [0.1, 0.15) is 17.2 Å². The molecule has 3 N–H and O–H groups in total. The highest BCUT2D eigenvalue weighted by Gasteiger charge is 2.13. The summed E-state index contributed by atoms with van der Waals surface area (Å²) in [5.41, 5.74) is 8.67. The van der Waals surface area contributed by atoms with E-state index >= 15 is 0 Å². The molecule has 2 aromatic rings. The average Bonchev–Trinajstić information content (AvgIpc) is 2.43. The van der Waals surface area contributed by atoms with Crippen molar-refractivity contribution >= 4 is 21.6 Å². The predicted molar refractivity (Wildman–Crippen MR) is 87.2 cm³/mol. The third-order valence-corrected chi connectivity index (χ3v) is 3.65. The van der Waals surface area contributed by atoms with Crippen LogP contribution in [0.4, 0.5) is 10.1 Å². The molecule has 0 amide bonds. The van der Waals surface area contributed by atoms with Gasteiger partial charge in [-0.25, -0.2) is 4.39 Å². The van der Waals surface area contributed by atoms with Gasteiger partial charge in [0.15, 0.2) is 11.6 Å². The van der Waals surface area contributed by atoms with Crippen molar-refractivity contribution in [3.63, 3.8) is 0 Å². The maximum atomic E-state index is 13.8. The number of rotatable bonds is 5. The summed E-state index contributed by atoms with van der Waals surface area (Å²) < 4.78 is 19.7. The van der Waals surface area contributed by atoms with Crippen LogP contribution in [0.15, 0.2) is 40.9 Å². The van der Waals surface area contributed by atoms with E-state index in [-0.39, 0.29) is 17.6 Å². The lowest BCUT2D eigenvalue weighted by molar-refractivity contribution is 0.386. The van der Waals surface area contributed by atoms with Gasteiger partial charge in [-0.15, -0.1) is 0 Å². The molecule has 0 spiro atoms. The van der Waals surface area contributed by atoms with Gasteiger partial charge in [-0.05, 0) is 48.4 Å². The van der Waals surface area contributed by atoms with Crippen LogP contribution in [0.3, 0.4) is 0 Å². The molecule has 0 saturated heterocycles. The zero-order valence-electron chi connectivity index (χ0n) is 12.0. The normalized spacial score (nSPS) is 12.0. The molecule has 5 heteroatoms. The fraction of sp³-hybridized carbons (Fsp3) is 0.250. The molecule has 0 saturated carbocycles. The Bertz CT molecular complexity index is 613. The molecule has 0 aliphatic carbocycles. The van der Waals surface area contributed by atoms with Crippen molar-refractivity contribution in [3.8, 4) is 5.75 Å². The second kappa shape index (κ2) is 6.91. The van der Waals surface area contributed by atoms with Gasteiger partial charge in [0.25, 0.3) is 0 Å². The second-order valence-corrected chi connectivity index (χ2v) is 5.76. The van der Waals surface area contributed by atoms with Gasteiger partial charge in [-0.3, -0.25) is 0 Å². The summed E-state index contributed by atoms with van der Waals surface area (Å²) >= 11 is 3.46. The highest BCUT2D eigenvalue weighted by molar-refractivity contribution is 9.10. The number of halogens is 2. The molecular weight excluding hydrogens is 335 g/mol. The van der Waals surface area contributed by atoms with Gasteiger partial charge in [0.1, 0.15) is 0 Å². The van der Waals surface area contributed by atoms with Crippen molar-refractivity contribution in [2.45, 2.75) is 13.0 Å². The summed E-state index contributed by atoms with van der Waals surface area (Å²) in [6, 6.07) is 10.7. The fourth-order valence-electron chi connectivity index (χ4n) is 2.20. The zero-order chi connectivity index (χ0) is 15.4. The average molecular weight is 353 g/mol. The van der Waals surface area contributed by atoms with Crippen LogP contribution in [-0.4, -0.2) is 13.7 Å². The van der Waals surface area contributed by atoms with E-state index in [0.29, 0.717) is 6.54 Å². The molecule has 1 atom stereocenters. The molecule has 0 aromatic heterocycles. The van der Waals surface area contributed by atoms with E-state index in [9.17, 15) is 4.39 Å². The van der Waals surface area contributed by atoms with Crippen molar-refractivity contribution in [3.05, 3.63) is 57.8 Å².